The number of morpholine rings is 1. The van der Waals surface area contributed by atoms with Crippen LogP contribution >= 0.6 is 0 Å². The van der Waals surface area contributed by atoms with Crippen molar-refractivity contribution in [2.45, 2.75) is 26.1 Å². The molecule has 1 saturated heterocycles. The van der Waals surface area contributed by atoms with Crippen LogP contribution in [0.5, 0.6) is 5.88 Å². The van der Waals surface area contributed by atoms with Crippen LogP contribution in [-0.2, 0) is 10.9 Å². The number of anilines is 2. The second-order valence-electron chi connectivity index (χ2n) is 7.63. The predicted molar refractivity (Wildman–Crippen MR) is 115 cm³/mol. The Balaban J connectivity index is 1.72. The first-order valence-electron chi connectivity index (χ1n) is 10.3. The molecule has 1 aliphatic rings. The number of nitrogens with zero attached hydrogens (tertiary/aromatic N) is 4. The monoisotopic (exact) mass is 447 g/mol. The SMILES string of the molecule is COc1nc2cnnc(N[C@H](C)c3cccc(C(F)(F)F)c3C)c2cc1N1CCOCC1. The minimum atomic E-state index is -4.41. The molecule has 4 rings (SSSR count). The highest BCUT2D eigenvalue weighted by atomic mass is 19.4. The predicted octanol–water partition coefficient (Wildman–Crippen LogP) is 4.37. The average molecular weight is 447 g/mol. The Morgan fingerprint density at radius 3 is 2.66 bits per heavy atom. The zero-order valence-corrected chi connectivity index (χ0v) is 18.0. The number of benzene rings is 1. The van der Waals surface area contributed by atoms with Crippen LogP contribution < -0.4 is 15.0 Å². The van der Waals surface area contributed by atoms with E-state index in [0.29, 0.717) is 54.5 Å². The van der Waals surface area contributed by atoms with Gasteiger partial charge in [-0.25, -0.2) is 4.98 Å². The third-order valence-electron chi connectivity index (χ3n) is 5.64. The zero-order chi connectivity index (χ0) is 22.9. The van der Waals surface area contributed by atoms with E-state index in [1.807, 2.05) is 6.07 Å². The highest BCUT2D eigenvalue weighted by Crippen LogP contribution is 2.36. The summed E-state index contributed by atoms with van der Waals surface area (Å²) in [4.78, 5) is 6.70. The molecule has 1 N–H and O–H groups in total. The third kappa shape index (κ3) is 4.27. The summed E-state index contributed by atoms with van der Waals surface area (Å²) in [7, 11) is 1.56. The second-order valence-corrected chi connectivity index (χ2v) is 7.63. The van der Waals surface area contributed by atoms with Crippen LogP contribution in [0.4, 0.5) is 24.7 Å². The fourth-order valence-corrected chi connectivity index (χ4v) is 3.98. The van der Waals surface area contributed by atoms with Gasteiger partial charge in [-0.1, -0.05) is 12.1 Å². The van der Waals surface area contributed by atoms with Gasteiger partial charge in [0.2, 0.25) is 5.88 Å². The van der Waals surface area contributed by atoms with Crippen LogP contribution in [0.3, 0.4) is 0 Å². The van der Waals surface area contributed by atoms with Gasteiger partial charge in [0.25, 0.3) is 0 Å². The molecule has 10 heteroatoms. The van der Waals surface area contributed by atoms with Crippen molar-refractivity contribution < 1.29 is 22.6 Å². The summed E-state index contributed by atoms with van der Waals surface area (Å²) in [5, 5.41) is 12.2. The summed E-state index contributed by atoms with van der Waals surface area (Å²) < 4.78 is 51.0. The van der Waals surface area contributed by atoms with Gasteiger partial charge in [0.15, 0.2) is 5.82 Å². The normalized spacial score (nSPS) is 15.6. The fourth-order valence-electron chi connectivity index (χ4n) is 3.98. The molecule has 0 unspecified atom stereocenters. The van der Waals surface area contributed by atoms with Crippen molar-refractivity contribution >= 4 is 22.4 Å². The van der Waals surface area contributed by atoms with Crippen molar-refractivity contribution in [2.75, 3.05) is 43.6 Å². The highest BCUT2D eigenvalue weighted by molar-refractivity contribution is 5.92. The molecule has 0 amide bonds. The first-order valence-corrected chi connectivity index (χ1v) is 10.3. The summed E-state index contributed by atoms with van der Waals surface area (Å²) in [5.41, 5.74) is 1.45. The highest BCUT2D eigenvalue weighted by Gasteiger charge is 2.33. The Morgan fingerprint density at radius 2 is 1.97 bits per heavy atom. The molecule has 3 heterocycles. The van der Waals surface area contributed by atoms with E-state index in [1.165, 1.54) is 19.2 Å². The Labute approximate surface area is 183 Å². The lowest BCUT2D eigenvalue weighted by Gasteiger charge is -2.29. The number of methoxy groups -OCH3 is 1. The van der Waals surface area contributed by atoms with E-state index in [0.717, 1.165) is 11.8 Å². The Hall–Kier alpha value is -3.14. The molecule has 170 valence electrons. The molecule has 0 spiro atoms. The number of aromatic nitrogens is 3. The van der Waals surface area contributed by atoms with Crippen molar-refractivity contribution in [2.24, 2.45) is 0 Å². The zero-order valence-electron chi connectivity index (χ0n) is 18.0. The van der Waals surface area contributed by atoms with Gasteiger partial charge in [-0.3, -0.25) is 0 Å². The molecule has 2 aromatic heterocycles. The molecule has 7 nitrogen and oxygen atoms in total. The number of nitrogens with one attached hydrogen (secondary N) is 1. The van der Waals surface area contributed by atoms with Crippen molar-refractivity contribution in [3.05, 3.63) is 47.2 Å². The molecule has 32 heavy (non-hydrogen) atoms. The molecule has 0 aliphatic carbocycles. The van der Waals surface area contributed by atoms with E-state index in [9.17, 15) is 13.2 Å². The van der Waals surface area contributed by atoms with Crippen molar-refractivity contribution in [3.8, 4) is 5.88 Å². The molecule has 0 bridgehead atoms. The molecular formula is C22H24F3N5O2. The van der Waals surface area contributed by atoms with Crippen molar-refractivity contribution in [3.63, 3.8) is 0 Å². The van der Waals surface area contributed by atoms with Gasteiger partial charge < -0.3 is 19.7 Å². The molecule has 1 fully saturated rings. The lowest BCUT2D eigenvalue weighted by Crippen LogP contribution is -2.36. The maximum absolute atomic E-state index is 13.3. The van der Waals surface area contributed by atoms with Gasteiger partial charge in [0, 0.05) is 18.5 Å². The summed E-state index contributed by atoms with van der Waals surface area (Å²) in [6.45, 7) is 5.88. The van der Waals surface area contributed by atoms with E-state index in [4.69, 9.17) is 9.47 Å². The van der Waals surface area contributed by atoms with Crippen LogP contribution in [0.2, 0.25) is 0 Å². The fraction of sp³-hybridized carbons (Fsp3) is 0.409. The van der Waals surface area contributed by atoms with Gasteiger partial charge in [-0.05, 0) is 37.1 Å². The van der Waals surface area contributed by atoms with E-state index in [1.54, 1.807) is 20.1 Å². The summed E-state index contributed by atoms with van der Waals surface area (Å²) in [6, 6.07) is 5.68. The molecule has 1 aromatic carbocycles. The molecule has 1 aliphatic heterocycles. The molecule has 0 radical (unpaired) electrons. The van der Waals surface area contributed by atoms with Gasteiger partial charge >= 0.3 is 6.18 Å². The second kappa shape index (κ2) is 8.78. The maximum atomic E-state index is 13.3. The summed E-state index contributed by atoms with van der Waals surface area (Å²) in [5.74, 6) is 0.914. The van der Waals surface area contributed by atoms with Crippen LogP contribution in [0, 0.1) is 6.92 Å². The number of alkyl halides is 3. The number of hydrogen-bond donors (Lipinski definition) is 1. The first-order chi connectivity index (χ1) is 15.3. The minimum absolute atomic E-state index is 0.182. The van der Waals surface area contributed by atoms with Crippen LogP contribution in [-0.4, -0.2) is 48.6 Å². The molecular weight excluding hydrogens is 423 g/mol. The average Bonchev–Trinajstić information content (AvgIpc) is 2.78. The number of ether oxygens (including phenoxy) is 2. The standard InChI is InChI=1S/C22H24F3N5O2/c1-13-15(5-4-6-17(13)22(23,24)25)14(2)27-20-16-11-19(30-7-9-32-10-8-30)21(31-3)28-18(16)12-26-29-20/h4-6,11-12,14H,7-10H2,1-3H3,(H,27,29)/t14-/m1/s1. The van der Waals surface area contributed by atoms with Crippen LogP contribution in [0.1, 0.15) is 29.7 Å². The molecule has 0 saturated carbocycles. The number of hydrogen-bond acceptors (Lipinski definition) is 7. The quantitative estimate of drug-likeness (QED) is 0.623. The minimum Gasteiger partial charge on any atom is -0.480 e. The van der Waals surface area contributed by atoms with Gasteiger partial charge in [0.05, 0.1) is 43.6 Å². The van der Waals surface area contributed by atoms with Gasteiger partial charge in [0.1, 0.15) is 5.69 Å². The summed E-state index contributed by atoms with van der Waals surface area (Å²) >= 11 is 0. The molecule has 3 aromatic rings. The Kier molecular flexibility index (Phi) is 6.05. The Morgan fingerprint density at radius 1 is 1.22 bits per heavy atom. The lowest BCUT2D eigenvalue weighted by molar-refractivity contribution is -0.138. The van der Waals surface area contributed by atoms with E-state index in [2.05, 4.69) is 25.4 Å². The lowest BCUT2D eigenvalue weighted by atomic mass is 9.97. The maximum Gasteiger partial charge on any atom is 0.416 e. The number of rotatable bonds is 5. The third-order valence-corrected chi connectivity index (χ3v) is 5.64. The largest absolute Gasteiger partial charge is 0.480 e. The molecule has 1 atom stereocenters. The smallest absolute Gasteiger partial charge is 0.416 e. The van der Waals surface area contributed by atoms with E-state index < -0.39 is 17.8 Å². The number of fused-ring (bicyclic) bond motifs is 1. The van der Waals surface area contributed by atoms with Crippen LogP contribution in [0.15, 0.2) is 30.5 Å². The topological polar surface area (TPSA) is 72.4 Å². The number of halogens is 3. The van der Waals surface area contributed by atoms with E-state index in [-0.39, 0.29) is 5.56 Å². The van der Waals surface area contributed by atoms with Gasteiger partial charge in [-0.15, -0.1) is 5.10 Å². The van der Waals surface area contributed by atoms with Crippen molar-refractivity contribution in [1.29, 1.82) is 0 Å². The summed E-state index contributed by atoms with van der Waals surface area (Å²) in [6.07, 6.45) is -2.88. The number of pyridine rings is 1. The van der Waals surface area contributed by atoms with Gasteiger partial charge in [-0.2, -0.15) is 18.3 Å². The van der Waals surface area contributed by atoms with E-state index >= 15 is 0 Å². The van der Waals surface area contributed by atoms with Crippen molar-refractivity contribution in [1.82, 2.24) is 15.2 Å². The first kappa shape index (κ1) is 22.1. The Bertz CT molecular complexity index is 1120. The van der Waals surface area contributed by atoms with Crippen LogP contribution in [0.25, 0.3) is 10.9 Å².